The molecule has 0 saturated heterocycles. The van der Waals surface area contributed by atoms with E-state index in [0.717, 1.165) is 30.5 Å². The first-order chi connectivity index (χ1) is 17.9. The highest BCUT2D eigenvalue weighted by atomic mass is 32.2. The molecule has 0 spiro atoms. The van der Waals surface area contributed by atoms with Gasteiger partial charge in [0.15, 0.2) is 5.78 Å². The lowest BCUT2D eigenvalue weighted by Gasteiger charge is -2.19. The zero-order valence-corrected chi connectivity index (χ0v) is 20.5. The summed E-state index contributed by atoms with van der Waals surface area (Å²) in [4.78, 5) is 20.0. The lowest BCUT2D eigenvalue weighted by atomic mass is 9.95. The summed E-state index contributed by atoms with van der Waals surface area (Å²) in [5.74, 6) is -1.56. The fourth-order valence-corrected chi connectivity index (χ4v) is 5.10. The van der Waals surface area contributed by atoms with Crippen molar-refractivity contribution in [2.24, 2.45) is 0 Å². The van der Waals surface area contributed by atoms with E-state index in [1.54, 1.807) is 19.3 Å². The Balaban J connectivity index is 1.63. The molecule has 8 nitrogen and oxygen atoms in total. The lowest BCUT2D eigenvalue weighted by molar-refractivity contribution is -0.137. The monoisotopic (exact) mass is 547 g/mol. The molecular weight excluding hydrogens is 526 g/mol. The van der Waals surface area contributed by atoms with Crippen LogP contribution < -0.4 is 10.0 Å². The summed E-state index contributed by atoms with van der Waals surface area (Å²) < 4.78 is 80.9. The van der Waals surface area contributed by atoms with E-state index in [1.165, 1.54) is 12.4 Å². The number of Topliss-reactive ketones (excluding diaryl/α,β-unsaturated/α-hetero) is 1. The number of rotatable bonds is 8. The molecular formula is C25H21F4N5O3S. The molecule has 2 heterocycles. The largest absolute Gasteiger partial charge is 0.416 e. The maximum absolute atomic E-state index is 14.8. The van der Waals surface area contributed by atoms with Gasteiger partial charge in [-0.2, -0.15) is 13.2 Å². The Morgan fingerprint density at radius 3 is 2.58 bits per heavy atom. The minimum Gasteiger partial charge on any atom is -0.393 e. The van der Waals surface area contributed by atoms with Crippen molar-refractivity contribution < 1.29 is 30.8 Å². The number of allylic oxidation sites excluding steroid dienone is 3. The van der Waals surface area contributed by atoms with Gasteiger partial charge < -0.3 is 15.7 Å². The van der Waals surface area contributed by atoms with Gasteiger partial charge in [-0.3, -0.25) is 4.79 Å². The second-order valence-electron chi connectivity index (χ2n) is 8.30. The van der Waals surface area contributed by atoms with Crippen LogP contribution in [0, 0.1) is 5.41 Å². The van der Waals surface area contributed by atoms with Gasteiger partial charge in [-0.1, -0.05) is 6.08 Å². The minimum atomic E-state index is -4.62. The quantitative estimate of drug-likeness (QED) is 0.188. The van der Waals surface area contributed by atoms with Crippen molar-refractivity contribution in [3.63, 3.8) is 0 Å². The second-order valence-corrected chi connectivity index (χ2v) is 10.0. The molecule has 1 aliphatic rings. The van der Waals surface area contributed by atoms with E-state index in [0.29, 0.717) is 34.3 Å². The summed E-state index contributed by atoms with van der Waals surface area (Å²) in [7, 11) is -2.62. The molecule has 1 unspecified atom stereocenters. The fourth-order valence-electron chi connectivity index (χ4n) is 3.90. The van der Waals surface area contributed by atoms with Gasteiger partial charge in [0.25, 0.3) is 0 Å². The predicted octanol–water partition coefficient (Wildman–Crippen LogP) is 4.50. The molecule has 38 heavy (non-hydrogen) atoms. The number of benzene rings is 1. The standard InChI is InChI=1S/C25H21F4N5O3S/c1-31-11-15(10-30)14-8-19-21(13-33-24(19)32-12-14)23(35)20-9-17(4-7-22(20)26)34-38(36,37)18-5-2-16(3-6-18)25(27,28)29/h2-3,5-13,17,30-31,34H,4H2,1H3,(H,32,33)/b15-11+,30-10?. The van der Waals surface area contributed by atoms with Gasteiger partial charge in [0.1, 0.15) is 11.5 Å². The molecule has 0 fully saturated rings. The minimum absolute atomic E-state index is 0.0872. The van der Waals surface area contributed by atoms with Gasteiger partial charge in [0, 0.05) is 60.0 Å². The summed E-state index contributed by atoms with van der Waals surface area (Å²) in [6.45, 7) is 0. The number of aromatic amines is 1. The van der Waals surface area contributed by atoms with Gasteiger partial charge in [-0.05, 0) is 42.8 Å². The number of halogens is 4. The number of nitrogens with one attached hydrogen (secondary N) is 4. The number of hydrogen-bond donors (Lipinski definition) is 4. The van der Waals surface area contributed by atoms with E-state index in [4.69, 9.17) is 5.41 Å². The van der Waals surface area contributed by atoms with Gasteiger partial charge in [-0.25, -0.2) is 22.5 Å². The maximum Gasteiger partial charge on any atom is 0.416 e. The summed E-state index contributed by atoms with van der Waals surface area (Å²) in [6, 6.07) is 3.53. The van der Waals surface area contributed by atoms with Crippen LogP contribution in [-0.2, 0) is 16.2 Å². The topological polar surface area (TPSA) is 128 Å². The number of carbonyl (C=O) groups is 1. The molecule has 13 heteroatoms. The first kappa shape index (κ1) is 26.9. The number of ketones is 1. The third-order valence-corrected chi connectivity index (χ3v) is 7.29. The lowest BCUT2D eigenvalue weighted by Crippen LogP contribution is -2.35. The summed E-state index contributed by atoms with van der Waals surface area (Å²) in [6.07, 6.45) is 3.01. The van der Waals surface area contributed by atoms with Crippen molar-refractivity contribution in [2.45, 2.75) is 23.5 Å². The van der Waals surface area contributed by atoms with Crippen LogP contribution in [0.3, 0.4) is 0 Å². The van der Waals surface area contributed by atoms with Crippen molar-refractivity contribution in [3.05, 3.63) is 89.2 Å². The van der Waals surface area contributed by atoms with E-state index in [9.17, 15) is 30.8 Å². The smallest absolute Gasteiger partial charge is 0.393 e. The Labute approximate surface area is 214 Å². The molecule has 198 valence electrons. The molecule has 1 atom stereocenters. The number of hydrogen-bond acceptors (Lipinski definition) is 6. The molecule has 1 aromatic carbocycles. The first-order valence-electron chi connectivity index (χ1n) is 11.1. The molecule has 0 saturated carbocycles. The summed E-state index contributed by atoms with van der Waals surface area (Å²) in [5, 5.41) is 10.8. The number of alkyl halides is 3. The van der Waals surface area contributed by atoms with E-state index < -0.39 is 44.3 Å². The third-order valence-electron chi connectivity index (χ3n) is 5.78. The zero-order valence-electron chi connectivity index (χ0n) is 19.7. The van der Waals surface area contributed by atoms with Crippen LogP contribution in [0.15, 0.2) is 77.4 Å². The van der Waals surface area contributed by atoms with Crippen molar-refractivity contribution in [3.8, 4) is 0 Å². The maximum atomic E-state index is 14.8. The Morgan fingerprint density at radius 2 is 1.95 bits per heavy atom. The van der Waals surface area contributed by atoms with Crippen LogP contribution in [0.4, 0.5) is 17.6 Å². The number of carbonyl (C=O) groups excluding carboxylic acids is 1. The second kappa shape index (κ2) is 10.3. The van der Waals surface area contributed by atoms with E-state index in [1.807, 2.05) is 0 Å². The zero-order chi connectivity index (χ0) is 27.7. The molecule has 0 bridgehead atoms. The van der Waals surface area contributed by atoms with E-state index in [-0.39, 0.29) is 17.6 Å². The van der Waals surface area contributed by atoms with Crippen molar-refractivity contribution in [2.75, 3.05) is 7.05 Å². The number of aromatic nitrogens is 2. The van der Waals surface area contributed by atoms with Gasteiger partial charge in [0.2, 0.25) is 10.0 Å². The van der Waals surface area contributed by atoms with Crippen LogP contribution in [0.25, 0.3) is 16.6 Å². The Bertz CT molecular complexity index is 1600. The third kappa shape index (κ3) is 5.43. The number of pyridine rings is 1. The van der Waals surface area contributed by atoms with E-state index >= 15 is 0 Å². The number of H-pyrrole nitrogens is 1. The molecule has 3 aromatic rings. The van der Waals surface area contributed by atoms with Crippen LogP contribution in [0.5, 0.6) is 0 Å². The Morgan fingerprint density at radius 1 is 1.24 bits per heavy atom. The van der Waals surface area contributed by atoms with Gasteiger partial charge in [-0.15, -0.1) is 0 Å². The normalized spacial score (nSPS) is 16.7. The molecule has 0 radical (unpaired) electrons. The first-order valence-corrected chi connectivity index (χ1v) is 12.6. The van der Waals surface area contributed by atoms with Crippen molar-refractivity contribution in [1.29, 1.82) is 5.41 Å². The van der Waals surface area contributed by atoms with Crippen LogP contribution in [-0.4, -0.2) is 43.5 Å². The SMILES string of the molecule is CN/C=C(\C=N)c1cnc2[nH]cc(C(=O)C3=CC(NS(=O)(=O)c4ccc(C(F)(F)F)cc4)CC=C3F)c2c1. The van der Waals surface area contributed by atoms with Crippen LogP contribution >= 0.6 is 0 Å². The molecule has 4 rings (SSSR count). The molecule has 0 aliphatic heterocycles. The Kier molecular flexibility index (Phi) is 7.33. The number of sulfonamides is 1. The average Bonchev–Trinajstić information content (AvgIpc) is 3.30. The predicted molar refractivity (Wildman–Crippen MR) is 134 cm³/mol. The fraction of sp³-hybridized carbons (Fsp3) is 0.160. The highest BCUT2D eigenvalue weighted by Crippen LogP contribution is 2.31. The average molecular weight is 548 g/mol. The van der Waals surface area contributed by atoms with Crippen LogP contribution in [0.1, 0.15) is 27.9 Å². The molecule has 0 amide bonds. The highest BCUT2D eigenvalue weighted by molar-refractivity contribution is 7.89. The Hall–Kier alpha value is -4.10. The van der Waals surface area contributed by atoms with Crippen molar-refractivity contribution >= 4 is 38.6 Å². The summed E-state index contributed by atoms with van der Waals surface area (Å²) >= 11 is 0. The molecule has 4 N–H and O–H groups in total. The van der Waals surface area contributed by atoms with Gasteiger partial charge in [0.05, 0.1) is 16.0 Å². The number of fused-ring (bicyclic) bond motifs is 1. The van der Waals surface area contributed by atoms with Crippen molar-refractivity contribution in [1.82, 2.24) is 20.0 Å². The van der Waals surface area contributed by atoms with Gasteiger partial charge >= 0.3 is 6.18 Å². The van der Waals surface area contributed by atoms with Crippen LogP contribution in [0.2, 0.25) is 0 Å². The molecule has 2 aromatic heterocycles. The number of nitrogens with zero attached hydrogens (tertiary/aromatic N) is 1. The van der Waals surface area contributed by atoms with E-state index in [2.05, 4.69) is 20.0 Å². The highest BCUT2D eigenvalue weighted by Gasteiger charge is 2.31. The summed E-state index contributed by atoms with van der Waals surface area (Å²) in [5.41, 5.74) is 0.0853. The molecule has 1 aliphatic carbocycles.